The minimum atomic E-state index is -5.19. The standard InChI is InChI=1S/C22H23ClFN4O6PS.H3P/c1-31-19-9-13-6-7-32-12-14(13)8-18(19)27-22-25-11-16(23)21(28-22)26-17-5-4-15(34-36(24,29)30)10-20(17)33-35(2)3;/h4-5,8-11H,6-7,12H2,1-3H3,(H2,25,26,27,28);1H3. The van der Waals surface area contributed by atoms with Crippen molar-refractivity contribution in [2.75, 3.05) is 37.7 Å². The topological polar surface area (TPSA) is 121 Å². The normalized spacial score (nSPS) is 12.8. The van der Waals surface area contributed by atoms with Gasteiger partial charge < -0.3 is 28.8 Å². The van der Waals surface area contributed by atoms with Gasteiger partial charge in [-0.1, -0.05) is 15.5 Å². The lowest BCUT2D eigenvalue weighted by atomic mass is 10.0. The largest absolute Gasteiger partial charge is 0.495 e. The number of hydrogen-bond donors (Lipinski definition) is 2. The Labute approximate surface area is 224 Å². The highest BCUT2D eigenvalue weighted by Crippen LogP contribution is 2.40. The van der Waals surface area contributed by atoms with Gasteiger partial charge in [-0.25, -0.2) is 4.98 Å². The number of nitrogens with zero attached hydrogens (tertiary/aromatic N) is 2. The predicted molar refractivity (Wildman–Crippen MR) is 148 cm³/mol. The first-order valence-electron chi connectivity index (χ1n) is 10.6. The van der Waals surface area contributed by atoms with Gasteiger partial charge in [0.05, 0.1) is 46.0 Å². The third kappa shape index (κ3) is 7.75. The zero-order valence-electron chi connectivity index (χ0n) is 20.2. The van der Waals surface area contributed by atoms with Crippen LogP contribution in [0.15, 0.2) is 36.5 Å². The first-order chi connectivity index (χ1) is 17.1. The lowest BCUT2D eigenvalue weighted by Gasteiger charge is -2.20. The smallest absolute Gasteiger partial charge is 0.488 e. The molecule has 0 saturated carbocycles. The second-order valence-corrected chi connectivity index (χ2v) is 11.0. The molecule has 1 unspecified atom stereocenters. The highest BCUT2D eigenvalue weighted by Gasteiger charge is 2.18. The molecule has 1 aromatic heterocycles. The average Bonchev–Trinajstić information content (AvgIpc) is 2.81. The molecule has 0 bridgehead atoms. The van der Waals surface area contributed by atoms with Crippen molar-refractivity contribution in [2.24, 2.45) is 0 Å². The van der Waals surface area contributed by atoms with Crippen LogP contribution in [0.1, 0.15) is 11.1 Å². The molecule has 0 fully saturated rings. The van der Waals surface area contributed by atoms with Gasteiger partial charge >= 0.3 is 10.5 Å². The number of aromatic nitrogens is 2. The zero-order chi connectivity index (χ0) is 25.9. The molecule has 1 atom stereocenters. The number of nitrogens with one attached hydrogen (secondary N) is 2. The Morgan fingerprint density at radius 2 is 1.89 bits per heavy atom. The van der Waals surface area contributed by atoms with Crippen LogP contribution in [0.5, 0.6) is 17.2 Å². The Kier molecular flexibility index (Phi) is 9.72. The molecule has 0 saturated heterocycles. The summed E-state index contributed by atoms with van der Waals surface area (Å²) in [4.78, 5) is 8.71. The van der Waals surface area contributed by atoms with Crippen molar-refractivity contribution < 1.29 is 30.5 Å². The third-order valence-electron chi connectivity index (χ3n) is 4.97. The van der Waals surface area contributed by atoms with Crippen LogP contribution in [0.3, 0.4) is 0 Å². The van der Waals surface area contributed by atoms with Crippen LogP contribution < -0.4 is 24.1 Å². The number of benzene rings is 2. The molecular weight excluding hydrogens is 565 g/mol. The minimum absolute atomic E-state index is 0. The van der Waals surface area contributed by atoms with Gasteiger partial charge in [0.25, 0.3) is 0 Å². The van der Waals surface area contributed by atoms with Crippen LogP contribution in [0, 0.1) is 0 Å². The van der Waals surface area contributed by atoms with Gasteiger partial charge in [0.2, 0.25) is 5.95 Å². The molecule has 0 amide bonds. The summed E-state index contributed by atoms with van der Waals surface area (Å²) in [5.74, 6) is 1.12. The van der Waals surface area contributed by atoms with Crippen molar-refractivity contribution in [1.82, 2.24) is 9.97 Å². The van der Waals surface area contributed by atoms with Crippen molar-refractivity contribution >= 4 is 63.3 Å². The van der Waals surface area contributed by atoms with E-state index in [0.717, 1.165) is 17.5 Å². The van der Waals surface area contributed by atoms with Crippen molar-refractivity contribution in [1.29, 1.82) is 0 Å². The highest BCUT2D eigenvalue weighted by molar-refractivity contribution is 7.81. The molecule has 2 N–H and O–H groups in total. The van der Waals surface area contributed by atoms with Gasteiger partial charge in [-0.3, -0.25) is 0 Å². The first kappa shape index (κ1) is 29.1. The Hall–Kier alpha value is -2.49. The van der Waals surface area contributed by atoms with Crippen molar-refractivity contribution in [3.05, 3.63) is 52.7 Å². The maximum atomic E-state index is 13.0. The molecule has 0 aliphatic carbocycles. The van der Waals surface area contributed by atoms with Gasteiger partial charge in [-0.2, -0.15) is 23.3 Å². The van der Waals surface area contributed by atoms with Crippen LogP contribution in [-0.2, 0) is 28.3 Å². The Morgan fingerprint density at radius 1 is 1.11 bits per heavy atom. The summed E-state index contributed by atoms with van der Waals surface area (Å²) >= 11 is 6.33. The quantitative estimate of drug-likeness (QED) is 0.248. The van der Waals surface area contributed by atoms with Crippen molar-refractivity contribution in [2.45, 2.75) is 13.0 Å². The molecule has 2 aromatic carbocycles. The number of rotatable bonds is 9. The Balaban J connectivity index is 0.00000380. The fraction of sp³-hybridized carbons (Fsp3) is 0.273. The van der Waals surface area contributed by atoms with Crippen LogP contribution in [0.4, 0.5) is 27.0 Å². The number of halogens is 2. The second kappa shape index (κ2) is 12.4. The Morgan fingerprint density at radius 3 is 2.59 bits per heavy atom. The van der Waals surface area contributed by atoms with Crippen molar-refractivity contribution in [3.8, 4) is 17.2 Å². The Bertz CT molecular complexity index is 1380. The number of ether oxygens (including phenoxy) is 2. The average molecular weight is 591 g/mol. The maximum absolute atomic E-state index is 13.0. The number of hydrogen-bond acceptors (Lipinski definition) is 10. The zero-order valence-corrected chi connectivity index (χ0v) is 24.1. The molecule has 1 aliphatic rings. The molecule has 2 heterocycles. The summed E-state index contributed by atoms with van der Waals surface area (Å²) in [7, 11) is -4.51. The van der Waals surface area contributed by atoms with E-state index in [0.29, 0.717) is 30.3 Å². The third-order valence-corrected chi connectivity index (χ3v) is 6.20. The second-order valence-electron chi connectivity index (χ2n) is 7.80. The molecular formula is C22H26ClFN4O6P2S. The molecule has 15 heteroatoms. The first-order valence-corrected chi connectivity index (χ1v) is 14.4. The van der Waals surface area contributed by atoms with E-state index in [1.165, 1.54) is 24.4 Å². The van der Waals surface area contributed by atoms with E-state index in [4.69, 9.17) is 25.6 Å². The van der Waals surface area contributed by atoms with Crippen molar-refractivity contribution in [3.63, 3.8) is 0 Å². The molecule has 1 aliphatic heterocycles. The predicted octanol–water partition coefficient (Wildman–Crippen LogP) is 5.39. The summed E-state index contributed by atoms with van der Waals surface area (Å²) < 4.78 is 55.9. The summed E-state index contributed by atoms with van der Waals surface area (Å²) in [6, 6.07) is 7.90. The summed E-state index contributed by atoms with van der Waals surface area (Å²) in [6.45, 7) is 4.86. The highest BCUT2D eigenvalue weighted by atomic mass is 35.5. The van der Waals surface area contributed by atoms with Crippen LogP contribution >= 0.6 is 29.6 Å². The molecule has 37 heavy (non-hydrogen) atoms. The van der Waals surface area contributed by atoms with Crippen LogP contribution in [0.2, 0.25) is 5.02 Å². The fourth-order valence-electron chi connectivity index (χ4n) is 3.47. The summed E-state index contributed by atoms with van der Waals surface area (Å²) in [5.41, 5.74) is 3.28. The van der Waals surface area contributed by atoms with E-state index in [9.17, 15) is 12.3 Å². The molecule has 10 nitrogen and oxygen atoms in total. The fourth-order valence-corrected chi connectivity index (χ4v) is 4.49. The van der Waals surface area contributed by atoms with Gasteiger partial charge in [-0.05, 0) is 55.1 Å². The van der Waals surface area contributed by atoms with Gasteiger partial charge in [0.15, 0.2) is 5.82 Å². The van der Waals surface area contributed by atoms with E-state index in [2.05, 4.69) is 24.8 Å². The molecule has 0 radical (unpaired) electrons. The molecule has 4 rings (SSSR count). The number of anilines is 4. The van der Waals surface area contributed by atoms with Crippen LogP contribution in [-0.4, -0.2) is 45.4 Å². The van der Waals surface area contributed by atoms with Gasteiger partial charge in [0, 0.05) is 6.07 Å². The lowest BCUT2D eigenvalue weighted by Crippen LogP contribution is -2.11. The van der Waals surface area contributed by atoms with Crippen LogP contribution in [0.25, 0.3) is 0 Å². The van der Waals surface area contributed by atoms with E-state index >= 15 is 0 Å². The minimum Gasteiger partial charge on any atom is -0.495 e. The summed E-state index contributed by atoms with van der Waals surface area (Å²) in [6.07, 6.45) is 2.23. The van der Waals surface area contributed by atoms with Gasteiger partial charge in [0.1, 0.15) is 22.3 Å². The van der Waals surface area contributed by atoms with Gasteiger partial charge in [-0.15, -0.1) is 0 Å². The SMILES string of the molecule is COc1cc2c(cc1Nc1ncc(Cl)c(Nc3ccc(OS(=O)(=O)F)cc3OP(C)C)n1)COCC2.P. The maximum Gasteiger partial charge on any atom is 0.488 e. The number of fused-ring (bicyclic) bond motifs is 1. The summed E-state index contributed by atoms with van der Waals surface area (Å²) in [5, 5.41) is 6.43. The molecule has 200 valence electrons. The van der Waals surface area contributed by atoms with E-state index in [1.807, 2.05) is 25.5 Å². The van der Waals surface area contributed by atoms with E-state index in [1.54, 1.807) is 7.11 Å². The lowest BCUT2D eigenvalue weighted by molar-refractivity contribution is 0.110. The van der Waals surface area contributed by atoms with E-state index < -0.39 is 18.7 Å². The molecule has 3 aromatic rings. The van der Waals surface area contributed by atoms with E-state index in [-0.39, 0.29) is 38.2 Å². The number of methoxy groups -OCH3 is 1. The molecule has 0 spiro atoms. The monoisotopic (exact) mass is 590 g/mol.